The summed E-state index contributed by atoms with van der Waals surface area (Å²) in [6.07, 6.45) is 6.59. The third kappa shape index (κ3) is 2.84. The zero-order chi connectivity index (χ0) is 13.9. The van der Waals surface area contributed by atoms with E-state index in [1.807, 2.05) is 12.1 Å². The van der Waals surface area contributed by atoms with Crippen LogP contribution in [-0.2, 0) is 6.42 Å². The number of amides is 1. The summed E-state index contributed by atoms with van der Waals surface area (Å²) in [6, 6.07) is 3.91. The number of aromatic amines is 1. The Kier molecular flexibility index (Phi) is 3.45. The topological polar surface area (TPSA) is 74.8 Å². The van der Waals surface area contributed by atoms with Crippen molar-refractivity contribution in [2.24, 2.45) is 0 Å². The molecule has 1 aliphatic carbocycles. The zero-order valence-electron chi connectivity index (χ0n) is 11.4. The monoisotopic (exact) mass is 271 g/mol. The fourth-order valence-electron chi connectivity index (χ4n) is 2.03. The minimum atomic E-state index is -0.137. The van der Waals surface area contributed by atoms with E-state index in [-0.39, 0.29) is 11.7 Å². The van der Waals surface area contributed by atoms with Gasteiger partial charge in [0.1, 0.15) is 5.82 Å². The van der Waals surface area contributed by atoms with Crippen LogP contribution in [0.2, 0.25) is 0 Å². The van der Waals surface area contributed by atoms with Crippen molar-refractivity contribution in [2.75, 3.05) is 13.6 Å². The molecule has 104 valence electrons. The Morgan fingerprint density at radius 1 is 1.40 bits per heavy atom. The molecule has 1 saturated carbocycles. The molecule has 1 N–H and O–H groups in total. The molecule has 3 rings (SSSR count). The Morgan fingerprint density at radius 2 is 2.15 bits per heavy atom. The van der Waals surface area contributed by atoms with Gasteiger partial charge in [0.05, 0.1) is 0 Å². The van der Waals surface area contributed by atoms with Gasteiger partial charge in [-0.1, -0.05) is 0 Å². The van der Waals surface area contributed by atoms with Crippen LogP contribution >= 0.6 is 0 Å². The number of carbonyl (C=O) groups excluding carboxylic acids is 1. The molecule has 2 heterocycles. The van der Waals surface area contributed by atoms with Gasteiger partial charge in [-0.2, -0.15) is 0 Å². The number of aromatic nitrogens is 4. The summed E-state index contributed by atoms with van der Waals surface area (Å²) in [5.74, 6) is 1.45. The van der Waals surface area contributed by atoms with Crippen molar-refractivity contribution in [2.45, 2.75) is 25.2 Å². The predicted molar refractivity (Wildman–Crippen MR) is 73.3 cm³/mol. The number of carbonyl (C=O) groups is 1. The largest absolute Gasteiger partial charge is 0.339 e. The maximum atomic E-state index is 12.2. The van der Waals surface area contributed by atoms with Gasteiger partial charge in [-0.3, -0.25) is 14.9 Å². The zero-order valence-corrected chi connectivity index (χ0v) is 11.4. The number of pyridine rings is 1. The summed E-state index contributed by atoms with van der Waals surface area (Å²) in [5, 5.41) is 6.88. The molecule has 0 unspecified atom stereocenters. The second-order valence-corrected chi connectivity index (χ2v) is 5.15. The maximum Gasteiger partial charge on any atom is 0.293 e. The highest BCUT2D eigenvalue weighted by Crippen LogP contribution is 2.37. The molecule has 6 heteroatoms. The van der Waals surface area contributed by atoms with Crippen molar-refractivity contribution in [3.05, 3.63) is 41.7 Å². The summed E-state index contributed by atoms with van der Waals surface area (Å²) >= 11 is 0. The van der Waals surface area contributed by atoms with Gasteiger partial charge in [-0.15, -0.1) is 5.10 Å². The van der Waals surface area contributed by atoms with Crippen molar-refractivity contribution < 1.29 is 4.79 Å². The highest BCUT2D eigenvalue weighted by molar-refractivity contribution is 5.90. The van der Waals surface area contributed by atoms with Crippen LogP contribution in [0.5, 0.6) is 0 Å². The first kappa shape index (κ1) is 12.8. The summed E-state index contributed by atoms with van der Waals surface area (Å²) in [7, 11) is 1.77. The van der Waals surface area contributed by atoms with Crippen LogP contribution in [0.1, 0.15) is 40.8 Å². The minimum absolute atomic E-state index is 0.137. The molecule has 1 amide bonds. The number of likely N-dealkylation sites (N-methyl/N-ethyl adjacent to an activating group) is 1. The number of rotatable bonds is 5. The van der Waals surface area contributed by atoms with Crippen molar-refractivity contribution in [1.82, 2.24) is 25.1 Å². The molecule has 2 aromatic rings. The molecular formula is C14H17N5O. The molecule has 0 spiro atoms. The first-order chi connectivity index (χ1) is 9.74. The van der Waals surface area contributed by atoms with Crippen molar-refractivity contribution >= 4 is 5.91 Å². The fraction of sp³-hybridized carbons (Fsp3) is 0.429. The van der Waals surface area contributed by atoms with Gasteiger partial charge in [0.25, 0.3) is 5.91 Å². The summed E-state index contributed by atoms with van der Waals surface area (Å²) in [5.41, 5.74) is 1.16. The number of hydrogen-bond acceptors (Lipinski definition) is 4. The molecule has 6 nitrogen and oxygen atoms in total. The lowest BCUT2D eigenvalue weighted by Gasteiger charge is -2.14. The molecule has 20 heavy (non-hydrogen) atoms. The molecule has 0 radical (unpaired) electrons. The highest BCUT2D eigenvalue weighted by atomic mass is 16.2. The van der Waals surface area contributed by atoms with Crippen LogP contribution in [0.15, 0.2) is 24.5 Å². The summed E-state index contributed by atoms with van der Waals surface area (Å²) in [4.78, 5) is 22.1. The van der Waals surface area contributed by atoms with E-state index >= 15 is 0 Å². The number of hydrogen-bond donors (Lipinski definition) is 1. The van der Waals surface area contributed by atoms with Crippen molar-refractivity contribution in [1.29, 1.82) is 0 Å². The average Bonchev–Trinajstić information content (AvgIpc) is 3.22. The molecule has 0 atom stereocenters. The van der Waals surface area contributed by atoms with E-state index in [0.717, 1.165) is 30.7 Å². The van der Waals surface area contributed by atoms with E-state index in [2.05, 4.69) is 20.2 Å². The lowest BCUT2D eigenvalue weighted by Crippen LogP contribution is -2.29. The second-order valence-electron chi connectivity index (χ2n) is 5.15. The van der Waals surface area contributed by atoms with Gasteiger partial charge in [0, 0.05) is 31.9 Å². The molecule has 2 aromatic heterocycles. The number of nitrogens with zero attached hydrogens (tertiary/aromatic N) is 4. The summed E-state index contributed by atoms with van der Waals surface area (Å²) in [6.45, 7) is 0.635. The third-order valence-corrected chi connectivity index (χ3v) is 3.49. The minimum Gasteiger partial charge on any atom is -0.339 e. The van der Waals surface area contributed by atoms with Gasteiger partial charge < -0.3 is 4.90 Å². The maximum absolute atomic E-state index is 12.2. The van der Waals surface area contributed by atoms with E-state index in [1.165, 1.54) is 0 Å². The van der Waals surface area contributed by atoms with E-state index in [0.29, 0.717) is 12.5 Å². The normalized spacial score (nSPS) is 14.2. The summed E-state index contributed by atoms with van der Waals surface area (Å²) < 4.78 is 0. The van der Waals surface area contributed by atoms with Crippen LogP contribution in [-0.4, -0.2) is 44.6 Å². The Morgan fingerprint density at radius 3 is 2.85 bits per heavy atom. The second kappa shape index (κ2) is 5.40. The molecule has 0 aromatic carbocycles. The van der Waals surface area contributed by atoms with E-state index in [9.17, 15) is 4.79 Å². The Labute approximate surface area is 117 Å². The highest BCUT2D eigenvalue weighted by Gasteiger charge is 2.28. The van der Waals surface area contributed by atoms with Gasteiger partial charge in [0.2, 0.25) is 5.82 Å². The van der Waals surface area contributed by atoms with Crippen LogP contribution in [0.4, 0.5) is 0 Å². The molecule has 1 fully saturated rings. The van der Waals surface area contributed by atoms with Gasteiger partial charge in [0.15, 0.2) is 0 Å². The van der Waals surface area contributed by atoms with E-state index < -0.39 is 0 Å². The van der Waals surface area contributed by atoms with Crippen LogP contribution in [0.3, 0.4) is 0 Å². The Bertz CT molecular complexity index is 591. The smallest absolute Gasteiger partial charge is 0.293 e. The van der Waals surface area contributed by atoms with Crippen LogP contribution in [0, 0.1) is 0 Å². The molecule has 0 aliphatic heterocycles. The quantitative estimate of drug-likeness (QED) is 0.891. The fourth-order valence-corrected chi connectivity index (χ4v) is 2.03. The molecule has 1 aliphatic rings. The molecule has 0 bridgehead atoms. The van der Waals surface area contributed by atoms with Crippen molar-refractivity contribution in [3.63, 3.8) is 0 Å². The Balaban J connectivity index is 1.58. The lowest BCUT2D eigenvalue weighted by atomic mass is 10.2. The average molecular weight is 271 g/mol. The van der Waals surface area contributed by atoms with E-state index in [1.54, 1.807) is 24.3 Å². The Hall–Kier alpha value is -2.24. The number of H-pyrrole nitrogens is 1. The predicted octanol–water partition coefficient (Wildman–Crippen LogP) is 1.39. The van der Waals surface area contributed by atoms with Gasteiger partial charge >= 0.3 is 0 Å². The molecule has 0 saturated heterocycles. The van der Waals surface area contributed by atoms with Crippen LogP contribution in [0.25, 0.3) is 0 Å². The third-order valence-electron chi connectivity index (χ3n) is 3.49. The first-order valence-electron chi connectivity index (χ1n) is 6.80. The molecular weight excluding hydrogens is 254 g/mol. The van der Waals surface area contributed by atoms with Gasteiger partial charge in [-0.05, 0) is 37.0 Å². The van der Waals surface area contributed by atoms with Crippen LogP contribution < -0.4 is 0 Å². The van der Waals surface area contributed by atoms with Gasteiger partial charge in [-0.25, -0.2) is 4.98 Å². The number of nitrogens with one attached hydrogen (secondary N) is 1. The first-order valence-corrected chi connectivity index (χ1v) is 6.80. The standard InChI is InChI=1S/C14H17N5O/c1-19(9-6-10-4-7-15-8-5-10)14(20)13-16-12(17-18-13)11-2-3-11/h4-5,7-8,11H,2-3,6,9H2,1H3,(H,16,17,18). The SMILES string of the molecule is CN(CCc1ccncc1)C(=O)c1n[nH]c(C2CC2)n1. The lowest BCUT2D eigenvalue weighted by molar-refractivity contribution is 0.0785. The van der Waals surface area contributed by atoms with Crippen molar-refractivity contribution in [3.8, 4) is 0 Å². The van der Waals surface area contributed by atoms with E-state index in [4.69, 9.17) is 0 Å².